The van der Waals surface area contributed by atoms with Gasteiger partial charge in [-0.25, -0.2) is 4.98 Å². The number of rotatable bonds is 7. The molecule has 0 aliphatic heterocycles. The zero-order valence-electron chi connectivity index (χ0n) is 14.8. The zero-order valence-corrected chi connectivity index (χ0v) is 14.8. The standard InChI is InChI=1S/C21H24N4/c1-3-14-22-21-23-17(2)15-20(24-21)25(19-12-8-5-9-13-19)16-18-10-6-4-7-11-18/h4-13,15H,3,14,16H2,1-2H3,(H,22,23,24). The average Bonchev–Trinajstić information content (AvgIpc) is 2.65. The van der Waals surface area contributed by atoms with Gasteiger partial charge in [-0.3, -0.25) is 0 Å². The van der Waals surface area contributed by atoms with E-state index in [1.807, 2.05) is 25.1 Å². The first-order valence-corrected chi connectivity index (χ1v) is 8.72. The molecule has 0 saturated heterocycles. The number of aromatic nitrogens is 2. The molecule has 0 spiro atoms. The molecule has 0 bridgehead atoms. The van der Waals surface area contributed by atoms with Gasteiger partial charge in [0, 0.05) is 30.5 Å². The summed E-state index contributed by atoms with van der Waals surface area (Å²) in [5.74, 6) is 1.59. The smallest absolute Gasteiger partial charge is 0.224 e. The van der Waals surface area contributed by atoms with Gasteiger partial charge in [0.05, 0.1) is 0 Å². The predicted octanol–water partition coefficient (Wildman–Crippen LogP) is 4.95. The van der Waals surface area contributed by atoms with E-state index in [9.17, 15) is 0 Å². The molecular weight excluding hydrogens is 308 g/mol. The van der Waals surface area contributed by atoms with Crippen molar-refractivity contribution in [3.63, 3.8) is 0 Å². The quantitative estimate of drug-likeness (QED) is 0.665. The van der Waals surface area contributed by atoms with Gasteiger partial charge in [0.25, 0.3) is 0 Å². The fraction of sp³-hybridized carbons (Fsp3) is 0.238. The molecule has 0 saturated carbocycles. The lowest BCUT2D eigenvalue weighted by Gasteiger charge is -2.25. The summed E-state index contributed by atoms with van der Waals surface area (Å²) in [7, 11) is 0. The normalized spacial score (nSPS) is 10.5. The molecular formula is C21H24N4. The third kappa shape index (κ3) is 4.57. The number of para-hydroxylation sites is 1. The molecule has 0 unspecified atom stereocenters. The van der Waals surface area contributed by atoms with Crippen molar-refractivity contribution in [2.75, 3.05) is 16.8 Å². The van der Waals surface area contributed by atoms with Crippen molar-refractivity contribution in [3.8, 4) is 0 Å². The lowest BCUT2D eigenvalue weighted by Crippen LogP contribution is -2.19. The van der Waals surface area contributed by atoms with Gasteiger partial charge in [-0.15, -0.1) is 0 Å². The molecule has 1 N–H and O–H groups in total. The molecule has 0 radical (unpaired) electrons. The van der Waals surface area contributed by atoms with Gasteiger partial charge >= 0.3 is 0 Å². The highest BCUT2D eigenvalue weighted by Gasteiger charge is 2.13. The first kappa shape index (κ1) is 17.0. The summed E-state index contributed by atoms with van der Waals surface area (Å²) >= 11 is 0. The van der Waals surface area contributed by atoms with Crippen molar-refractivity contribution in [2.45, 2.75) is 26.8 Å². The number of hydrogen-bond acceptors (Lipinski definition) is 4. The summed E-state index contributed by atoms with van der Waals surface area (Å²) in [6.07, 6.45) is 1.04. The maximum Gasteiger partial charge on any atom is 0.224 e. The minimum atomic E-state index is 0.686. The Kier molecular flexibility index (Phi) is 5.62. The van der Waals surface area contributed by atoms with Gasteiger partial charge in [-0.2, -0.15) is 4.98 Å². The molecule has 3 rings (SSSR count). The minimum Gasteiger partial charge on any atom is -0.354 e. The van der Waals surface area contributed by atoms with Crippen molar-refractivity contribution < 1.29 is 0 Å². The van der Waals surface area contributed by atoms with Crippen LogP contribution in [0.2, 0.25) is 0 Å². The first-order valence-electron chi connectivity index (χ1n) is 8.72. The number of hydrogen-bond donors (Lipinski definition) is 1. The van der Waals surface area contributed by atoms with Gasteiger partial charge in [0.1, 0.15) is 5.82 Å². The minimum absolute atomic E-state index is 0.686. The Morgan fingerprint density at radius 1 is 0.920 bits per heavy atom. The predicted molar refractivity (Wildman–Crippen MR) is 104 cm³/mol. The monoisotopic (exact) mass is 332 g/mol. The Morgan fingerprint density at radius 2 is 1.60 bits per heavy atom. The molecule has 4 nitrogen and oxygen atoms in total. The average molecular weight is 332 g/mol. The second-order valence-corrected chi connectivity index (χ2v) is 6.03. The van der Waals surface area contributed by atoms with E-state index in [2.05, 4.69) is 70.7 Å². The van der Waals surface area contributed by atoms with Gasteiger partial charge in [0.15, 0.2) is 0 Å². The molecule has 1 aromatic heterocycles. The van der Waals surface area contributed by atoms with Crippen molar-refractivity contribution in [1.82, 2.24) is 9.97 Å². The molecule has 1 heterocycles. The number of anilines is 3. The van der Waals surface area contributed by atoms with E-state index in [1.165, 1.54) is 5.56 Å². The summed E-state index contributed by atoms with van der Waals surface area (Å²) < 4.78 is 0. The Bertz CT molecular complexity index is 788. The highest BCUT2D eigenvalue weighted by atomic mass is 15.2. The molecule has 0 amide bonds. The fourth-order valence-electron chi connectivity index (χ4n) is 2.68. The van der Waals surface area contributed by atoms with E-state index in [0.29, 0.717) is 5.95 Å². The van der Waals surface area contributed by atoms with E-state index in [1.54, 1.807) is 0 Å². The molecule has 0 atom stereocenters. The highest BCUT2D eigenvalue weighted by Crippen LogP contribution is 2.27. The van der Waals surface area contributed by atoms with Gasteiger partial charge < -0.3 is 10.2 Å². The van der Waals surface area contributed by atoms with Crippen LogP contribution < -0.4 is 10.2 Å². The summed E-state index contributed by atoms with van der Waals surface area (Å²) in [5.41, 5.74) is 3.31. The summed E-state index contributed by atoms with van der Waals surface area (Å²) in [6, 6.07) is 22.8. The highest BCUT2D eigenvalue weighted by molar-refractivity contribution is 5.61. The lowest BCUT2D eigenvalue weighted by atomic mass is 10.2. The summed E-state index contributed by atoms with van der Waals surface area (Å²) in [5, 5.41) is 3.30. The lowest BCUT2D eigenvalue weighted by molar-refractivity contribution is 0.911. The fourth-order valence-corrected chi connectivity index (χ4v) is 2.68. The number of aryl methyl sites for hydroxylation is 1. The van der Waals surface area contributed by atoms with Crippen LogP contribution in [-0.4, -0.2) is 16.5 Å². The Balaban J connectivity index is 1.98. The Morgan fingerprint density at radius 3 is 2.28 bits per heavy atom. The molecule has 25 heavy (non-hydrogen) atoms. The third-order valence-corrected chi connectivity index (χ3v) is 3.90. The van der Waals surface area contributed by atoms with Gasteiger partial charge in [0.2, 0.25) is 5.95 Å². The SMILES string of the molecule is CCCNc1nc(C)cc(N(Cc2ccccc2)c2ccccc2)n1. The second kappa shape index (κ2) is 8.29. The van der Waals surface area contributed by atoms with E-state index < -0.39 is 0 Å². The van der Waals surface area contributed by atoms with Crippen LogP contribution in [0.4, 0.5) is 17.5 Å². The van der Waals surface area contributed by atoms with Crippen molar-refractivity contribution in [3.05, 3.63) is 78.0 Å². The molecule has 128 valence electrons. The number of benzene rings is 2. The molecule has 0 aliphatic rings. The van der Waals surface area contributed by atoms with Crippen LogP contribution in [-0.2, 0) is 6.54 Å². The molecule has 2 aromatic carbocycles. The molecule has 0 aliphatic carbocycles. The van der Waals surface area contributed by atoms with Crippen molar-refractivity contribution in [1.29, 1.82) is 0 Å². The Labute approximate surface area is 149 Å². The van der Waals surface area contributed by atoms with Crippen LogP contribution in [0.25, 0.3) is 0 Å². The van der Waals surface area contributed by atoms with Crippen molar-refractivity contribution in [2.24, 2.45) is 0 Å². The summed E-state index contributed by atoms with van der Waals surface area (Å²) in [4.78, 5) is 11.5. The van der Waals surface area contributed by atoms with Crippen LogP contribution in [0.3, 0.4) is 0 Å². The van der Waals surface area contributed by atoms with E-state index in [0.717, 1.165) is 36.7 Å². The van der Waals surface area contributed by atoms with Crippen LogP contribution in [0.15, 0.2) is 66.7 Å². The van der Waals surface area contributed by atoms with Crippen LogP contribution in [0.1, 0.15) is 24.6 Å². The van der Waals surface area contributed by atoms with Gasteiger partial charge in [-0.05, 0) is 31.0 Å². The first-order chi connectivity index (χ1) is 12.3. The molecule has 0 fully saturated rings. The molecule has 3 aromatic rings. The molecule has 4 heteroatoms. The maximum absolute atomic E-state index is 4.75. The zero-order chi connectivity index (χ0) is 17.5. The second-order valence-electron chi connectivity index (χ2n) is 6.03. The topological polar surface area (TPSA) is 41.1 Å². The number of nitrogens with zero attached hydrogens (tertiary/aromatic N) is 3. The largest absolute Gasteiger partial charge is 0.354 e. The van der Waals surface area contributed by atoms with E-state index in [-0.39, 0.29) is 0 Å². The summed E-state index contributed by atoms with van der Waals surface area (Å²) in [6.45, 7) is 5.77. The maximum atomic E-state index is 4.75. The van der Waals surface area contributed by atoms with E-state index in [4.69, 9.17) is 4.98 Å². The number of nitrogens with one attached hydrogen (secondary N) is 1. The van der Waals surface area contributed by atoms with Crippen LogP contribution in [0, 0.1) is 6.92 Å². The van der Waals surface area contributed by atoms with Crippen LogP contribution >= 0.6 is 0 Å². The van der Waals surface area contributed by atoms with E-state index >= 15 is 0 Å². The van der Waals surface area contributed by atoms with Crippen LogP contribution in [0.5, 0.6) is 0 Å². The van der Waals surface area contributed by atoms with Gasteiger partial charge in [-0.1, -0.05) is 55.5 Å². The van der Waals surface area contributed by atoms with Crippen molar-refractivity contribution >= 4 is 17.5 Å². The third-order valence-electron chi connectivity index (χ3n) is 3.90. The Hall–Kier alpha value is -2.88.